The number of amides is 1. The molecule has 0 atom stereocenters. The van der Waals surface area contributed by atoms with Crippen molar-refractivity contribution in [1.82, 2.24) is 9.88 Å². The summed E-state index contributed by atoms with van der Waals surface area (Å²) in [6, 6.07) is 0. The predicted octanol–water partition coefficient (Wildman–Crippen LogP) is 7.18. The Morgan fingerprint density at radius 3 is 2.40 bits per heavy atom. The van der Waals surface area contributed by atoms with Crippen LogP contribution in [0, 0.1) is 5.92 Å². The number of carbonyl (C=O) groups is 1. The molecule has 0 bridgehead atoms. The van der Waals surface area contributed by atoms with E-state index >= 15 is 0 Å². The average Bonchev–Trinajstić information content (AvgIpc) is 2.71. The summed E-state index contributed by atoms with van der Waals surface area (Å²) in [7, 11) is 0. The Hall–Kier alpha value is -1.14. The van der Waals surface area contributed by atoms with Crippen LogP contribution < -0.4 is 0 Å². The first-order chi connectivity index (χ1) is 14.1. The average molecular weight is 492 g/mol. The Bertz CT molecular complexity index is 791. The minimum Gasteiger partial charge on any atom is -0.504 e. The van der Waals surface area contributed by atoms with Crippen LogP contribution in [-0.4, -0.2) is 39.7 Å². The maximum absolute atomic E-state index is 11.4. The van der Waals surface area contributed by atoms with Gasteiger partial charge in [0.2, 0.25) is 5.91 Å². The summed E-state index contributed by atoms with van der Waals surface area (Å²) in [5.74, 6) is 1.45. The highest BCUT2D eigenvalue weighted by Crippen LogP contribution is 2.42. The number of hydrogen-bond donors (Lipinski definition) is 1. The number of allylic oxidation sites excluding steroid dienone is 3. The fourth-order valence-corrected chi connectivity index (χ4v) is 4.32. The lowest BCUT2D eigenvalue weighted by Gasteiger charge is -2.30. The summed E-state index contributed by atoms with van der Waals surface area (Å²) in [4.78, 5) is 17.5. The number of aromatic nitrogens is 1. The minimum atomic E-state index is -0.130. The van der Waals surface area contributed by atoms with E-state index in [-0.39, 0.29) is 27.0 Å². The Labute approximate surface area is 199 Å². The van der Waals surface area contributed by atoms with Gasteiger partial charge < -0.3 is 10.0 Å². The molecule has 2 heterocycles. The van der Waals surface area contributed by atoms with Crippen molar-refractivity contribution in [2.24, 2.45) is 5.92 Å². The summed E-state index contributed by atoms with van der Waals surface area (Å²) in [5, 5.41) is 10.1. The third-order valence-corrected chi connectivity index (χ3v) is 6.84. The number of carbonyl (C=O) groups excluding carboxylic acids is 1. The molecule has 8 heteroatoms. The number of thioether (sulfide) groups is 1. The van der Waals surface area contributed by atoms with Crippen molar-refractivity contribution in [1.29, 1.82) is 0 Å². The molecular formula is C22H29Cl3N2O2S. The van der Waals surface area contributed by atoms with E-state index in [1.54, 1.807) is 6.92 Å². The largest absolute Gasteiger partial charge is 0.504 e. The van der Waals surface area contributed by atoms with Gasteiger partial charge in [-0.3, -0.25) is 4.79 Å². The van der Waals surface area contributed by atoms with Gasteiger partial charge in [-0.1, -0.05) is 72.1 Å². The number of halogens is 3. The molecule has 1 aliphatic rings. The number of likely N-dealkylation sites (tertiary alicyclic amines) is 1. The van der Waals surface area contributed by atoms with Gasteiger partial charge in [-0.25, -0.2) is 4.98 Å². The van der Waals surface area contributed by atoms with Crippen molar-refractivity contribution >= 4 is 52.5 Å². The molecule has 1 aromatic rings. The summed E-state index contributed by atoms with van der Waals surface area (Å²) in [6.45, 7) is 13.4. The van der Waals surface area contributed by atoms with Crippen molar-refractivity contribution in [3.05, 3.63) is 51.3 Å². The standard InChI is InChI=1S/C12H12Cl3NOS.C10H17NO/c1-3-4-5-7(2)6-18-10-8(13)11(14)16-12(15)9(10)17;1-8(2)10(12)11-6-4-9(3)5-7-11/h3-5,17H,6H2,1-2H3;9H,1,4-7H2,2-3H3/b4-3-,7-5+;. The van der Waals surface area contributed by atoms with Gasteiger partial charge >= 0.3 is 0 Å². The predicted molar refractivity (Wildman–Crippen MR) is 130 cm³/mol. The molecule has 0 unspecified atom stereocenters. The van der Waals surface area contributed by atoms with Crippen LogP contribution in [0.3, 0.4) is 0 Å². The maximum Gasteiger partial charge on any atom is 0.248 e. The van der Waals surface area contributed by atoms with Gasteiger partial charge in [0.25, 0.3) is 0 Å². The third-order valence-electron chi connectivity index (χ3n) is 4.44. The lowest BCUT2D eigenvalue weighted by Crippen LogP contribution is -2.38. The van der Waals surface area contributed by atoms with Crippen LogP contribution in [0.25, 0.3) is 0 Å². The van der Waals surface area contributed by atoms with E-state index in [0.717, 1.165) is 37.4 Å². The van der Waals surface area contributed by atoms with E-state index in [0.29, 0.717) is 16.2 Å². The fourth-order valence-electron chi connectivity index (χ4n) is 2.59. The van der Waals surface area contributed by atoms with Crippen LogP contribution in [-0.2, 0) is 4.79 Å². The summed E-state index contributed by atoms with van der Waals surface area (Å²) >= 11 is 18.9. The zero-order chi connectivity index (χ0) is 22.8. The number of rotatable bonds is 5. The molecule has 0 radical (unpaired) electrons. The number of hydrogen-bond acceptors (Lipinski definition) is 4. The van der Waals surface area contributed by atoms with Gasteiger partial charge in [0.15, 0.2) is 16.1 Å². The van der Waals surface area contributed by atoms with Crippen LogP contribution in [0.5, 0.6) is 5.75 Å². The number of piperidine rings is 1. The molecule has 30 heavy (non-hydrogen) atoms. The Kier molecular flexibility index (Phi) is 11.9. The van der Waals surface area contributed by atoms with E-state index in [4.69, 9.17) is 34.8 Å². The van der Waals surface area contributed by atoms with Gasteiger partial charge in [-0.2, -0.15) is 0 Å². The second kappa shape index (κ2) is 13.3. The number of nitrogens with zero attached hydrogens (tertiary/aromatic N) is 2. The normalized spacial score (nSPS) is 15.2. The molecule has 1 fully saturated rings. The highest BCUT2D eigenvalue weighted by Gasteiger charge is 2.20. The smallest absolute Gasteiger partial charge is 0.248 e. The van der Waals surface area contributed by atoms with E-state index in [1.807, 2.05) is 37.0 Å². The summed E-state index contributed by atoms with van der Waals surface area (Å²) in [5.41, 5.74) is 1.79. The summed E-state index contributed by atoms with van der Waals surface area (Å²) < 4.78 is 0. The lowest BCUT2D eigenvalue weighted by molar-refractivity contribution is -0.128. The zero-order valence-electron chi connectivity index (χ0n) is 17.8. The zero-order valence-corrected chi connectivity index (χ0v) is 20.9. The lowest BCUT2D eigenvalue weighted by atomic mass is 9.99. The van der Waals surface area contributed by atoms with Gasteiger partial charge in [0.1, 0.15) is 0 Å². The van der Waals surface area contributed by atoms with Crippen LogP contribution in [0.15, 0.2) is 40.8 Å². The number of aromatic hydroxyl groups is 1. The second-order valence-electron chi connectivity index (χ2n) is 7.27. The Balaban J connectivity index is 0.000000325. The highest BCUT2D eigenvalue weighted by molar-refractivity contribution is 7.99. The maximum atomic E-state index is 11.4. The monoisotopic (exact) mass is 490 g/mol. The van der Waals surface area contributed by atoms with Gasteiger partial charge in [-0.05, 0) is 39.5 Å². The summed E-state index contributed by atoms with van der Waals surface area (Å²) in [6.07, 6.45) is 8.16. The minimum absolute atomic E-state index is 0.0398. The fraction of sp³-hybridized carbons (Fsp3) is 0.455. The first kappa shape index (κ1) is 26.9. The third kappa shape index (κ3) is 8.54. The number of pyridine rings is 1. The molecular weight excluding hydrogens is 463 g/mol. The molecule has 0 aliphatic carbocycles. The first-order valence-electron chi connectivity index (χ1n) is 9.67. The highest BCUT2D eigenvalue weighted by atomic mass is 35.5. The quantitative estimate of drug-likeness (QED) is 0.205. The van der Waals surface area contributed by atoms with E-state index in [9.17, 15) is 9.90 Å². The Morgan fingerprint density at radius 1 is 1.27 bits per heavy atom. The molecule has 0 spiro atoms. The molecule has 2 rings (SSSR count). The molecule has 0 aromatic carbocycles. The second-order valence-corrected chi connectivity index (χ2v) is 9.35. The molecule has 1 amide bonds. The van der Waals surface area contributed by atoms with Crippen molar-refractivity contribution in [3.8, 4) is 5.75 Å². The molecule has 0 saturated carbocycles. The molecule has 1 N–H and O–H groups in total. The van der Waals surface area contributed by atoms with Crippen LogP contribution in [0.1, 0.15) is 40.5 Å². The van der Waals surface area contributed by atoms with Crippen molar-refractivity contribution in [2.75, 3.05) is 18.8 Å². The van der Waals surface area contributed by atoms with Crippen LogP contribution in [0.4, 0.5) is 0 Å². The van der Waals surface area contributed by atoms with E-state index < -0.39 is 0 Å². The molecule has 1 saturated heterocycles. The molecule has 4 nitrogen and oxygen atoms in total. The van der Waals surface area contributed by atoms with Gasteiger partial charge in [0, 0.05) is 24.4 Å². The van der Waals surface area contributed by atoms with Crippen LogP contribution in [0.2, 0.25) is 15.3 Å². The van der Waals surface area contributed by atoms with Gasteiger partial charge in [-0.15, -0.1) is 11.8 Å². The SMILES string of the molecule is C/C=C\C=C(/C)CSc1c(O)c(Cl)nc(Cl)c1Cl.C=C(C)C(=O)N1CCC(C)CC1. The van der Waals surface area contributed by atoms with Crippen molar-refractivity contribution in [2.45, 2.75) is 45.4 Å². The first-order valence-corrected chi connectivity index (χ1v) is 11.8. The van der Waals surface area contributed by atoms with Crippen molar-refractivity contribution in [3.63, 3.8) is 0 Å². The van der Waals surface area contributed by atoms with Gasteiger partial charge in [0.05, 0.1) is 9.92 Å². The molecule has 1 aliphatic heterocycles. The van der Waals surface area contributed by atoms with Crippen LogP contribution >= 0.6 is 46.6 Å². The topological polar surface area (TPSA) is 53.4 Å². The van der Waals surface area contributed by atoms with Crippen molar-refractivity contribution < 1.29 is 9.90 Å². The van der Waals surface area contributed by atoms with E-state index in [2.05, 4.69) is 18.5 Å². The Morgan fingerprint density at radius 2 is 1.87 bits per heavy atom. The molecule has 1 aromatic heterocycles. The van der Waals surface area contributed by atoms with E-state index in [1.165, 1.54) is 11.8 Å². The molecule has 166 valence electrons.